The van der Waals surface area contributed by atoms with Crippen LogP contribution in [0.5, 0.6) is 5.75 Å². The highest BCUT2D eigenvalue weighted by molar-refractivity contribution is 7.16. The predicted octanol–water partition coefficient (Wildman–Crippen LogP) is 4.71. The molecule has 1 aliphatic rings. The molecule has 1 aliphatic carbocycles. The van der Waals surface area contributed by atoms with Crippen molar-refractivity contribution in [2.45, 2.75) is 38.0 Å². The van der Waals surface area contributed by atoms with E-state index in [1.165, 1.54) is 37.0 Å². The summed E-state index contributed by atoms with van der Waals surface area (Å²) in [5.41, 5.74) is 6.90. The van der Waals surface area contributed by atoms with E-state index in [0.29, 0.717) is 16.7 Å². The fraction of sp³-hybridized carbons (Fsp3) is 0.333. The molecule has 1 heterocycles. The van der Waals surface area contributed by atoms with Gasteiger partial charge in [-0.1, -0.05) is 37.5 Å². The molecule has 24 heavy (non-hydrogen) atoms. The van der Waals surface area contributed by atoms with Crippen LogP contribution < -0.4 is 15.8 Å². The van der Waals surface area contributed by atoms with Crippen LogP contribution in [0.2, 0.25) is 0 Å². The van der Waals surface area contributed by atoms with E-state index in [0.717, 1.165) is 5.69 Å². The number of hydrogen-bond acceptors (Lipinski definition) is 5. The lowest BCUT2D eigenvalue weighted by Gasteiger charge is -2.19. The van der Waals surface area contributed by atoms with Gasteiger partial charge in [0.25, 0.3) is 0 Å². The van der Waals surface area contributed by atoms with Crippen molar-refractivity contribution in [1.29, 1.82) is 5.26 Å². The third-order valence-corrected chi connectivity index (χ3v) is 5.26. The molecule has 1 saturated carbocycles. The van der Waals surface area contributed by atoms with Gasteiger partial charge in [-0.2, -0.15) is 5.26 Å². The van der Waals surface area contributed by atoms with Gasteiger partial charge in [0.1, 0.15) is 10.8 Å². The maximum absolute atomic E-state index is 8.88. The number of ether oxygens (including phenoxy) is 1. The molecule has 0 saturated heterocycles. The zero-order chi connectivity index (χ0) is 16.8. The summed E-state index contributed by atoms with van der Waals surface area (Å²) in [6.07, 6.45) is 8.09. The molecule has 1 fully saturated rings. The number of aliphatic imine (C=N–C) groups is 1. The summed E-state index contributed by atoms with van der Waals surface area (Å²) >= 11 is 1.61. The molecule has 0 aliphatic heterocycles. The normalized spacial score (nSPS) is 15.7. The van der Waals surface area contributed by atoms with Crippen molar-refractivity contribution in [2.75, 3.05) is 11.1 Å². The van der Waals surface area contributed by atoms with Crippen molar-refractivity contribution in [3.05, 3.63) is 41.3 Å². The Balaban J connectivity index is 1.74. The lowest BCUT2D eigenvalue weighted by Crippen LogP contribution is -2.19. The van der Waals surface area contributed by atoms with E-state index in [4.69, 9.17) is 15.7 Å². The van der Waals surface area contributed by atoms with E-state index in [2.05, 4.69) is 16.4 Å². The average molecular weight is 340 g/mol. The minimum Gasteiger partial charge on any atom is -0.425 e. The van der Waals surface area contributed by atoms with Crippen molar-refractivity contribution in [1.82, 2.24) is 0 Å². The highest BCUT2D eigenvalue weighted by atomic mass is 32.1. The smallest absolute Gasteiger partial charge is 0.310 e. The molecule has 3 rings (SSSR count). The van der Waals surface area contributed by atoms with E-state index in [1.54, 1.807) is 29.7 Å². The van der Waals surface area contributed by atoms with Crippen molar-refractivity contribution in [3.63, 3.8) is 0 Å². The molecule has 124 valence electrons. The van der Waals surface area contributed by atoms with E-state index in [-0.39, 0.29) is 6.02 Å². The number of amidine groups is 1. The van der Waals surface area contributed by atoms with Gasteiger partial charge < -0.3 is 15.8 Å². The van der Waals surface area contributed by atoms with Gasteiger partial charge in [-0.25, -0.2) is 0 Å². The number of benzene rings is 1. The van der Waals surface area contributed by atoms with Gasteiger partial charge >= 0.3 is 6.02 Å². The summed E-state index contributed by atoms with van der Waals surface area (Å²) in [6, 6.07) is 11.4. The summed E-state index contributed by atoms with van der Waals surface area (Å²) in [4.78, 5) is 5.01. The number of anilines is 2. The second kappa shape index (κ2) is 7.84. The molecular weight excluding hydrogens is 320 g/mol. The number of nitrogens with two attached hydrogens (primary N) is 1. The maximum Gasteiger partial charge on any atom is 0.310 e. The Labute approximate surface area is 145 Å². The summed E-state index contributed by atoms with van der Waals surface area (Å²) in [6.45, 7) is 0. The maximum atomic E-state index is 8.88. The monoisotopic (exact) mass is 340 g/mol. The van der Waals surface area contributed by atoms with Crippen LogP contribution in [0.3, 0.4) is 0 Å². The quantitative estimate of drug-likeness (QED) is 0.481. The third-order valence-electron chi connectivity index (χ3n) is 4.14. The molecule has 3 N–H and O–H groups in total. The van der Waals surface area contributed by atoms with Gasteiger partial charge in [0, 0.05) is 4.88 Å². The summed E-state index contributed by atoms with van der Waals surface area (Å²) in [5, 5.41) is 12.6. The van der Waals surface area contributed by atoms with E-state index >= 15 is 0 Å². The highest BCUT2D eigenvalue weighted by Crippen LogP contribution is 2.40. The molecule has 0 spiro atoms. The Morgan fingerprint density at radius 2 is 2.00 bits per heavy atom. The number of nitrogen functional groups attached to an aromatic ring is 1. The van der Waals surface area contributed by atoms with Crippen LogP contribution in [-0.2, 0) is 0 Å². The van der Waals surface area contributed by atoms with Crippen molar-refractivity contribution in [2.24, 2.45) is 4.99 Å². The zero-order valence-electron chi connectivity index (χ0n) is 13.4. The molecule has 0 radical (unpaired) electrons. The third kappa shape index (κ3) is 4.06. The Kier molecular flexibility index (Phi) is 5.34. The SMILES string of the molecule is N#CN=C(Nc1cc(C2CCCCC2)sc1N)Oc1ccccc1. The van der Waals surface area contributed by atoms with E-state index in [9.17, 15) is 0 Å². The number of para-hydroxylation sites is 1. The summed E-state index contributed by atoms with van der Waals surface area (Å²) < 4.78 is 5.63. The van der Waals surface area contributed by atoms with Gasteiger partial charge in [0.05, 0.1) is 5.69 Å². The minimum atomic E-state index is 0.128. The van der Waals surface area contributed by atoms with E-state index in [1.807, 2.05) is 18.2 Å². The number of rotatable bonds is 3. The van der Waals surface area contributed by atoms with Crippen LogP contribution in [0.1, 0.15) is 42.9 Å². The number of nitriles is 1. The van der Waals surface area contributed by atoms with Crippen LogP contribution in [0.25, 0.3) is 0 Å². The first-order valence-corrected chi connectivity index (χ1v) is 8.94. The molecule has 6 heteroatoms. The Hall–Kier alpha value is -2.52. The number of nitrogens with zero attached hydrogens (tertiary/aromatic N) is 2. The topological polar surface area (TPSA) is 83.4 Å². The second-order valence-corrected chi connectivity index (χ2v) is 6.93. The zero-order valence-corrected chi connectivity index (χ0v) is 14.2. The average Bonchev–Trinajstić information content (AvgIpc) is 2.98. The van der Waals surface area contributed by atoms with Crippen LogP contribution in [-0.4, -0.2) is 6.02 Å². The minimum absolute atomic E-state index is 0.128. The van der Waals surface area contributed by atoms with Crippen molar-refractivity contribution in [3.8, 4) is 11.9 Å². The van der Waals surface area contributed by atoms with E-state index < -0.39 is 0 Å². The Morgan fingerprint density at radius 3 is 2.71 bits per heavy atom. The van der Waals surface area contributed by atoms with Gasteiger partial charge in [-0.3, -0.25) is 0 Å². The standard InChI is InChI=1S/C18H20N4OS/c19-12-21-18(23-14-9-5-2-6-10-14)22-15-11-16(24-17(15)20)13-7-3-1-4-8-13/h2,5-6,9-11,13H,1,3-4,7-8,20H2,(H,21,22). The van der Waals surface area contributed by atoms with Gasteiger partial charge in [0.2, 0.25) is 6.19 Å². The van der Waals surface area contributed by atoms with Crippen LogP contribution in [0.4, 0.5) is 10.7 Å². The second-order valence-electron chi connectivity index (χ2n) is 5.82. The van der Waals surface area contributed by atoms with Crippen LogP contribution >= 0.6 is 11.3 Å². The number of thiophene rings is 1. The Morgan fingerprint density at radius 1 is 1.25 bits per heavy atom. The molecule has 0 atom stereocenters. The molecular formula is C18H20N4OS. The van der Waals surface area contributed by atoms with Crippen LogP contribution in [0, 0.1) is 11.5 Å². The van der Waals surface area contributed by atoms with Crippen LogP contribution in [0.15, 0.2) is 41.4 Å². The largest absolute Gasteiger partial charge is 0.425 e. The fourth-order valence-corrected chi connectivity index (χ4v) is 4.00. The molecule has 0 amide bonds. The number of nitrogens with one attached hydrogen (secondary N) is 1. The Bertz CT molecular complexity index is 742. The molecule has 1 aromatic heterocycles. The molecule has 2 aromatic rings. The molecule has 1 aromatic carbocycles. The van der Waals surface area contributed by atoms with Crippen molar-refractivity contribution >= 4 is 28.0 Å². The first kappa shape index (κ1) is 16.3. The molecule has 0 bridgehead atoms. The fourth-order valence-electron chi connectivity index (χ4n) is 2.95. The molecule has 0 unspecified atom stereocenters. The lowest BCUT2D eigenvalue weighted by molar-refractivity contribution is 0.448. The lowest BCUT2D eigenvalue weighted by atomic mass is 9.88. The first-order chi connectivity index (χ1) is 11.8. The van der Waals surface area contributed by atoms with Gasteiger partial charge in [-0.15, -0.1) is 16.3 Å². The van der Waals surface area contributed by atoms with Gasteiger partial charge in [0.15, 0.2) is 0 Å². The summed E-state index contributed by atoms with van der Waals surface area (Å²) in [7, 11) is 0. The summed E-state index contributed by atoms with van der Waals surface area (Å²) in [5.74, 6) is 1.20. The predicted molar refractivity (Wildman–Crippen MR) is 98.3 cm³/mol. The highest BCUT2D eigenvalue weighted by Gasteiger charge is 2.20. The van der Waals surface area contributed by atoms with Crippen molar-refractivity contribution < 1.29 is 4.74 Å². The molecule has 5 nitrogen and oxygen atoms in total. The van der Waals surface area contributed by atoms with Gasteiger partial charge in [-0.05, 0) is 37.0 Å². The first-order valence-electron chi connectivity index (χ1n) is 8.12. The number of hydrogen-bond donors (Lipinski definition) is 2.